The summed E-state index contributed by atoms with van der Waals surface area (Å²) in [7, 11) is 2.05. The molecule has 11 heteroatoms. The largest absolute Gasteiger partial charge is 0.385 e. The molecule has 1 aromatic carbocycles. The van der Waals surface area contributed by atoms with E-state index in [1.807, 2.05) is 6.20 Å². The Balaban J connectivity index is 0.925. The van der Waals surface area contributed by atoms with Crippen LogP contribution in [0.4, 0.5) is 5.69 Å². The number of imide groups is 2. The Morgan fingerprint density at radius 1 is 0.977 bits per heavy atom. The van der Waals surface area contributed by atoms with Gasteiger partial charge in [0.1, 0.15) is 6.04 Å². The number of hydrogen-bond acceptors (Lipinski definition) is 7. The van der Waals surface area contributed by atoms with Gasteiger partial charge in [-0.15, -0.1) is 0 Å². The average molecular weight is 578 g/mol. The molecule has 218 valence electrons. The SMILES string of the molecule is Cn1ccc2cnc(-c3cn(C4CC(CNc5ccc6c(c5)C(=O)N(C5CCC(=O)NC5=O)C6=O)C4)nc3C3CC3)cc21. The number of benzene rings is 1. The summed E-state index contributed by atoms with van der Waals surface area (Å²) in [5, 5.41) is 11.8. The maximum absolute atomic E-state index is 13.1. The Morgan fingerprint density at radius 2 is 1.79 bits per heavy atom. The van der Waals surface area contributed by atoms with Crippen molar-refractivity contribution in [1.29, 1.82) is 0 Å². The van der Waals surface area contributed by atoms with Gasteiger partial charge in [0, 0.05) is 61.2 Å². The molecular formula is C32H31N7O4. The second-order valence-corrected chi connectivity index (χ2v) is 12.3. The zero-order chi connectivity index (χ0) is 29.4. The van der Waals surface area contributed by atoms with Crippen LogP contribution in [0.25, 0.3) is 22.2 Å². The summed E-state index contributed by atoms with van der Waals surface area (Å²) in [5.74, 6) is -1.02. The van der Waals surface area contributed by atoms with Crippen molar-refractivity contribution in [3.8, 4) is 11.3 Å². The third-order valence-electron chi connectivity index (χ3n) is 9.39. The van der Waals surface area contributed by atoms with E-state index in [1.54, 1.807) is 18.2 Å². The highest BCUT2D eigenvalue weighted by molar-refractivity contribution is 6.23. The molecule has 0 bridgehead atoms. The van der Waals surface area contributed by atoms with Gasteiger partial charge in [-0.25, -0.2) is 0 Å². The first-order chi connectivity index (χ1) is 20.8. The van der Waals surface area contributed by atoms with Gasteiger partial charge in [-0.3, -0.25) is 39.1 Å². The van der Waals surface area contributed by atoms with Crippen molar-refractivity contribution in [2.24, 2.45) is 13.0 Å². The number of carbonyl (C=O) groups is 4. The lowest BCUT2D eigenvalue weighted by Gasteiger charge is -2.35. The molecule has 4 aromatic rings. The number of hydrogen-bond donors (Lipinski definition) is 2. The number of rotatable bonds is 7. The number of nitrogens with one attached hydrogen (secondary N) is 2. The zero-order valence-corrected chi connectivity index (χ0v) is 23.7. The van der Waals surface area contributed by atoms with E-state index < -0.39 is 23.8 Å². The lowest BCUT2D eigenvalue weighted by atomic mass is 9.80. The number of piperidine rings is 1. The van der Waals surface area contributed by atoms with Crippen LogP contribution in [0.2, 0.25) is 0 Å². The highest BCUT2D eigenvalue weighted by Gasteiger charge is 2.44. The third-order valence-corrected chi connectivity index (χ3v) is 9.39. The van der Waals surface area contributed by atoms with Crippen LogP contribution in [0.1, 0.15) is 76.9 Å². The van der Waals surface area contributed by atoms with E-state index in [0.717, 1.165) is 57.8 Å². The first-order valence-corrected chi connectivity index (χ1v) is 14.9. The quantitative estimate of drug-likeness (QED) is 0.320. The molecule has 43 heavy (non-hydrogen) atoms. The number of aromatic nitrogens is 4. The Labute approximate surface area is 247 Å². The second-order valence-electron chi connectivity index (χ2n) is 12.3. The molecular weight excluding hydrogens is 546 g/mol. The van der Waals surface area contributed by atoms with E-state index in [-0.39, 0.29) is 29.9 Å². The van der Waals surface area contributed by atoms with E-state index in [4.69, 9.17) is 10.1 Å². The first-order valence-electron chi connectivity index (χ1n) is 14.9. The number of aryl methyl sites for hydroxylation is 1. The van der Waals surface area contributed by atoms with Crippen molar-refractivity contribution in [3.05, 3.63) is 65.7 Å². The Hall–Kier alpha value is -4.80. The molecule has 2 N–H and O–H groups in total. The van der Waals surface area contributed by atoms with Gasteiger partial charge < -0.3 is 9.88 Å². The summed E-state index contributed by atoms with van der Waals surface area (Å²) < 4.78 is 4.26. The van der Waals surface area contributed by atoms with E-state index in [1.165, 1.54) is 12.8 Å². The number of carbonyl (C=O) groups excluding carboxylic acids is 4. The van der Waals surface area contributed by atoms with Crippen LogP contribution in [0, 0.1) is 5.92 Å². The maximum Gasteiger partial charge on any atom is 0.262 e. The van der Waals surface area contributed by atoms with E-state index in [9.17, 15) is 19.2 Å². The number of fused-ring (bicyclic) bond motifs is 2. The fourth-order valence-electron chi connectivity index (χ4n) is 6.68. The fraction of sp³-hybridized carbons (Fsp3) is 0.375. The number of pyridine rings is 1. The summed E-state index contributed by atoms with van der Waals surface area (Å²) in [6.07, 6.45) is 10.8. The topological polar surface area (TPSA) is 131 Å². The van der Waals surface area contributed by atoms with E-state index in [2.05, 4.69) is 51.5 Å². The lowest BCUT2D eigenvalue weighted by molar-refractivity contribution is -0.136. The number of anilines is 1. The molecule has 3 fully saturated rings. The van der Waals surface area contributed by atoms with Gasteiger partial charge in [0.15, 0.2) is 0 Å². The Bertz CT molecular complexity index is 1850. The molecule has 0 spiro atoms. The molecule has 5 heterocycles. The minimum atomic E-state index is -0.964. The van der Waals surface area contributed by atoms with Gasteiger partial charge in [0.05, 0.1) is 34.1 Å². The van der Waals surface area contributed by atoms with Gasteiger partial charge in [0.25, 0.3) is 11.8 Å². The molecule has 2 aliphatic heterocycles. The van der Waals surface area contributed by atoms with E-state index in [0.29, 0.717) is 17.9 Å². The van der Waals surface area contributed by atoms with Crippen molar-refractivity contribution < 1.29 is 19.2 Å². The number of nitrogens with zero attached hydrogens (tertiary/aromatic N) is 5. The number of amides is 4. The average Bonchev–Trinajstić information content (AvgIpc) is 3.56. The normalized spacial score (nSPS) is 23.5. The molecule has 1 unspecified atom stereocenters. The molecule has 4 aliphatic rings. The lowest BCUT2D eigenvalue weighted by Crippen LogP contribution is -2.54. The zero-order valence-electron chi connectivity index (χ0n) is 23.7. The van der Waals surface area contributed by atoms with Gasteiger partial charge in [-0.05, 0) is 68.4 Å². The fourth-order valence-corrected chi connectivity index (χ4v) is 6.68. The maximum atomic E-state index is 13.1. The summed E-state index contributed by atoms with van der Waals surface area (Å²) in [6.45, 7) is 0.740. The molecule has 3 aromatic heterocycles. The van der Waals surface area contributed by atoms with E-state index >= 15 is 0 Å². The highest BCUT2D eigenvalue weighted by atomic mass is 16.2. The van der Waals surface area contributed by atoms with Crippen molar-refractivity contribution >= 4 is 40.2 Å². The van der Waals surface area contributed by atoms with Gasteiger partial charge in [-0.2, -0.15) is 5.10 Å². The van der Waals surface area contributed by atoms with Crippen LogP contribution in [-0.2, 0) is 16.6 Å². The summed E-state index contributed by atoms with van der Waals surface area (Å²) in [5.41, 5.74) is 5.75. The van der Waals surface area contributed by atoms with Crippen molar-refractivity contribution in [1.82, 2.24) is 29.5 Å². The predicted octanol–water partition coefficient (Wildman–Crippen LogP) is 3.78. The molecule has 1 saturated heterocycles. The summed E-state index contributed by atoms with van der Waals surface area (Å²) in [6, 6.07) is 8.73. The predicted molar refractivity (Wildman–Crippen MR) is 157 cm³/mol. The van der Waals surface area contributed by atoms with Crippen molar-refractivity contribution in [2.75, 3.05) is 11.9 Å². The minimum absolute atomic E-state index is 0.0982. The standard InChI is InChI=1S/C32H31N7O4/c1-37-9-8-19-15-34-25(13-27(19)37)24-16-38(36-29(24)18-2-3-18)21-10-17(11-21)14-33-20-4-5-22-23(12-20)32(43)39(31(22)42)26-6-7-28(40)35-30(26)41/h4-5,8-9,12-13,15-18,21,26,33H,2-3,6-7,10-11,14H2,1H3,(H,35,40,41). The van der Waals surface area contributed by atoms with Crippen LogP contribution in [0.15, 0.2) is 48.9 Å². The van der Waals surface area contributed by atoms with Crippen LogP contribution < -0.4 is 10.6 Å². The molecule has 1 atom stereocenters. The Morgan fingerprint density at radius 3 is 2.58 bits per heavy atom. The third kappa shape index (κ3) is 4.33. The van der Waals surface area contributed by atoms with Crippen LogP contribution in [0.5, 0.6) is 0 Å². The highest BCUT2D eigenvalue weighted by Crippen LogP contribution is 2.46. The first kappa shape index (κ1) is 25.9. The van der Waals surface area contributed by atoms with Gasteiger partial charge in [-0.1, -0.05) is 0 Å². The van der Waals surface area contributed by atoms with Crippen molar-refractivity contribution in [3.63, 3.8) is 0 Å². The van der Waals surface area contributed by atoms with Crippen LogP contribution in [-0.4, -0.2) is 60.4 Å². The molecule has 11 nitrogen and oxygen atoms in total. The molecule has 4 amide bonds. The molecule has 2 saturated carbocycles. The second kappa shape index (κ2) is 9.62. The Kier molecular flexibility index (Phi) is 5.79. The smallest absolute Gasteiger partial charge is 0.262 e. The molecule has 0 radical (unpaired) electrons. The summed E-state index contributed by atoms with van der Waals surface area (Å²) in [4.78, 5) is 55.7. The minimum Gasteiger partial charge on any atom is -0.385 e. The van der Waals surface area contributed by atoms with Gasteiger partial charge in [0.2, 0.25) is 11.8 Å². The van der Waals surface area contributed by atoms with Gasteiger partial charge >= 0.3 is 0 Å². The van der Waals surface area contributed by atoms with Crippen molar-refractivity contribution in [2.45, 2.75) is 56.5 Å². The summed E-state index contributed by atoms with van der Waals surface area (Å²) >= 11 is 0. The van der Waals surface area contributed by atoms with Crippen LogP contribution in [0.3, 0.4) is 0 Å². The molecule has 8 rings (SSSR count). The monoisotopic (exact) mass is 577 g/mol. The molecule has 2 aliphatic carbocycles. The van der Waals surface area contributed by atoms with Crippen LogP contribution >= 0.6 is 0 Å².